The summed E-state index contributed by atoms with van der Waals surface area (Å²) >= 11 is 11.9. The van der Waals surface area contributed by atoms with Crippen molar-refractivity contribution in [1.29, 1.82) is 0 Å². The minimum atomic E-state index is -4.57. The summed E-state index contributed by atoms with van der Waals surface area (Å²) in [7, 11) is -4.01. The monoisotopic (exact) mass is 514 g/mol. The first-order valence-electron chi connectivity index (χ1n) is 9.33. The number of hydrogen-bond donors (Lipinski definition) is 0. The standard InChI is InChI=1S/C20H20Cl2F3O6P/c1-3-29-32(27,30-4-2)19(13-8-9-16(21)17(22)10-13)31-18(26)12-28-15-7-5-6-14(11-15)20(23,24)25/h5-11,19H,3-4,12H2,1-2H3. The van der Waals surface area contributed by atoms with Gasteiger partial charge in [-0.3, -0.25) is 4.57 Å². The van der Waals surface area contributed by atoms with Crippen LogP contribution in [-0.2, 0) is 29.3 Å². The SMILES string of the molecule is CCOP(=O)(OCC)C(OC(=O)COc1cccc(C(F)(F)F)c1)c1ccc(Cl)c(Cl)c1. The Morgan fingerprint density at radius 3 is 2.25 bits per heavy atom. The second kappa shape index (κ2) is 11.4. The molecule has 6 nitrogen and oxygen atoms in total. The molecule has 0 amide bonds. The van der Waals surface area contributed by atoms with E-state index in [1.54, 1.807) is 13.8 Å². The zero-order valence-corrected chi connectivity index (χ0v) is 19.4. The van der Waals surface area contributed by atoms with Crippen LogP contribution in [0.15, 0.2) is 42.5 Å². The summed E-state index contributed by atoms with van der Waals surface area (Å²) in [6.45, 7) is 2.39. The summed E-state index contributed by atoms with van der Waals surface area (Å²) in [4.78, 5) is 12.4. The molecule has 0 saturated carbocycles. The van der Waals surface area contributed by atoms with Crippen LogP contribution < -0.4 is 4.74 Å². The number of carbonyl (C=O) groups excluding carboxylic acids is 1. The molecule has 12 heteroatoms. The molecule has 0 spiro atoms. The van der Waals surface area contributed by atoms with Crippen molar-refractivity contribution in [2.45, 2.75) is 25.9 Å². The second-order valence-corrected chi connectivity index (χ2v) is 9.08. The summed E-state index contributed by atoms with van der Waals surface area (Å²) in [5.74, 6) is -2.71. The van der Waals surface area contributed by atoms with Crippen LogP contribution in [0.5, 0.6) is 5.75 Å². The average Bonchev–Trinajstić information content (AvgIpc) is 2.72. The van der Waals surface area contributed by atoms with Gasteiger partial charge in [-0.05, 0) is 44.2 Å². The maximum absolute atomic E-state index is 13.3. The van der Waals surface area contributed by atoms with E-state index in [2.05, 4.69) is 0 Å². The Morgan fingerprint density at radius 2 is 1.69 bits per heavy atom. The molecule has 0 N–H and O–H groups in total. The predicted octanol–water partition coefficient (Wildman–Crippen LogP) is 6.90. The highest BCUT2D eigenvalue weighted by molar-refractivity contribution is 7.54. The first-order valence-corrected chi connectivity index (χ1v) is 11.7. The van der Waals surface area contributed by atoms with Crippen LogP contribution in [0.2, 0.25) is 10.0 Å². The number of ether oxygens (including phenoxy) is 2. The van der Waals surface area contributed by atoms with Crippen molar-refractivity contribution in [2.24, 2.45) is 0 Å². The molecular formula is C20H20Cl2F3O6P. The Balaban J connectivity index is 2.24. The van der Waals surface area contributed by atoms with Crippen molar-refractivity contribution in [3.63, 3.8) is 0 Å². The van der Waals surface area contributed by atoms with Gasteiger partial charge in [0.25, 0.3) is 0 Å². The molecule has 32 heavy (non-hydrogen) atoms. The molecule has 176 valence electrons. The molecular weight excluding hydrogens is 495 g/mol. The van der Waals surface area contributed by atoms with E-state index >= 15 is 0 Å². The predicted molar refractivity (Wildman–Crippen MR) is 113 cm³/mol. The topological polar surface area (TPSA) is 71.1 Å². The number of rotatable bonds is 10. The zero-order chi connectivity index (χ0) is 23.9. The van der Waals surface area contributed by atoms with Crippen LogP contribution in [0.4, 0.5) is 13.2 Å². The number of hydrogen-bond acceptors (Lipinski definition) is 6. The quantitative estimate of drug-likeness (QED) is 0.253. The van der Waals surface area contributed by atoms with Gasteiger partial charge in [0.05, 0.1) is 28.8 Å². The Morgan fingerprint density at radius 1 is 1.03 bits per heavy atom. The Hall–Kier alpha value is -1.77. The third-order valence-electron chi connectivity index (χ3n) is 3.90. The van der Waals surface area contributed by atoms with E-state index in [4.69, 9.17) is 41.7 Å². The largest absolute Gasteiger partial charge is 0.482 e. The minimum absolute atomic E-state index is 0.00656. The molecule has 2 rings (SSSR count). The molecule has 0 aliphatic carbocycles. The van der Waals surface area contributed by atoms with Gasteiger partial charge in [-0.2, -0.15) is 13.2 Å². The normalized spacial score (nSPS) is 13.0. The third-order valence-corrected chi connectivity index (χ3v) is 6.85. The average molecular weight is 515 g/mol. The molecule has 0 aliphatic heterocycles. The van der Waals surface area contributed by atoms with Crippen LogP contribution >= 0.6 is 30.8 Å². The second-order valence-electron chi connectivity index (χ2n) is 6.21. The molecule has 0 radical (unpaired) electrons. The molecule has 1 atom stereocenters. The number of alkyl halides is 3. The van der Waals surface area contributed by atoms with Crippen molar-refractivity contribution < 1.29 is 41.1 Å². The molecule has 2 aromatic rings. The Bertz CT molecular complexity index is 976. The van der Waals surface area contributed by atoms with E-state index in [0.717, 1.165) is 18.2 Å². The van der Waals surface area contributed by atoms with Gasteiger partial charge in [-0.1, -0.05) is 35.3 Å². The van der Waals surface area contributed by atoms with Crippen LogP contribution in [-0.4, -0.2) is 25.8 Å². The summed E-state index contributed by atoms with van der Waals surface area (Å²) < 4.78 is 72.8. The van der Waals surface area contributed by atoms with E-state index in [1.165, 1.54) is 24.3 Å². The van der Waals surface area contributed by atoms with Gasteiger partial charge in [0, 0.05) is 5.56 Å². The molecule has 0 saturated heterocycles. The van der Waals surface area contributed by atoms with Crippen LogP contribution in [0.25, 0.3) is 0 Å². The van der Waals surface area contributed by atoms with Crippen LogP contribution in [0, 0.1) is 0 Å². The summed E-state index contributed by atoms with van der Waals surface area (Å²) in [6, 6.07) is 8.21. The molecule has 0 aromatic heterocycles. The lowest BCUT2D eigenvalue weighted by atomic mass is 10.2. The van der Waals surface area contributed by atoms with E-state index < -0.39 is 37.8 Å². The smallest absolute Gasteiger partial charge is 0.416 e. The Labute approximate surface area is 193 Å². The molecule has 1 unspecified atom stereocenters. The molecule has 0 aliphatic rings. The van der Waals surface area contributed by atoms with Crippen molar-refractivity contribution >= 4 is 36.8 Å². The highest BCUT2D eigenvalue weighted by Gasteiger charge is 2.40. The molecule has 0 bridgehead atoms. The number of esters is 1. The van der Waals surface area contributed by atoms with Crippen molar-refractivity contribution in [1.82, 2.24) is 0 Å². The fourth-order valence-electron chi connectivity index (χ4n) is 2.58. The number of benzene rings is 2. The van der Waals surface area contributed by atoms with E-state index in [0.29, 0.717) is 0 Å². The summed E-state index contributed by atoms with van der Waals surface area (Å²) in [5, 5.41) is 0.334. The Kier molecular flexibility index (Phi) is 9.42. The van der Waals surface area contributed by atoms with E-state index in [1.807, 2.05) is 0 Å². The van der Waals surface area contributed by atoms with Gasteiger partial charge < -0.3 is 18.5 Å². The maximum Gasteiger partial charge on any atom is 0.416 e. The van der Waals surface area contributed by atoms with Gasteiger partial charge in [0.2, 0.25) is 5.85 Å². The van der Waals surface area contributed by atoms with Gasteiger partial charge >= 0.3 is 19.7 Å². The lowest BCUT2D eigenvalue weighted by Gasteiger charge is -2.26. The minimum Gasteiger partial charge on any atom is -0.482 e. The van der Waals surface area contributed by atoms with E-state index in [-0.39, 0.29) is 34.6 Å². The van der Waals surface area contributed by atoms with Crippen molar-refractivity contribution in [3.8, 4) is 5.75 Å². The first-order chi connectivity index (χ1) is 15.0. The van der Waals surface area contributed by atoms with Crippen LogP contribution in [0.3, 0.4) is 0 Å². The van der Waals surface area contributed by atoms with Crippen molar-refractivity contribution in [2.75, 3.05) is 19.8 Å². The third kappa shape index (κ3) is 7.12. The van der Waals surface area contributed by atoms with Crippen molar-refractivity contribution in [3.05, 3.63) is 63.6 Å². The molecule has 0 heterocycles. The maximum atomic E-state index is 13.3. The highest BCUT2D eigenvalue weighted by atomic mass is 35.5. The molecule has 0 fully saturated rings. The zero-order valence-electron chi connectivity index (χ0n) is 17.0. The summed E-state index contributed by atoms with van der Waals surface area (Å²) in [5.41, 5.74) is -0.744. The number of halogens is 5. The first kappa shape index (κ1) is 26.5. The van der Waals surface area contributed by atoms with Gasteiger partial charge in [-0.15, -0.1) is 0 Å². The van der Waals surface area contributed by atoms with Gasteiger partial charge in [0.15, 0.2) is 6.61 Å². The fraction of sp³-hybridized carbons (Fsp3) is 0.350. The van der Waals surface area contributed by atoms with Crippen LogP contribution in [0.1, 0.15) is 30.8 Å². The molecule has 2 aromatic carbocycles. The highest BCUT2D eigenvalue weighted by Crippen LogP contribution is 2.61. The van der Waals surface area contributed by atoms with Gasteiger partial charge in [-0.25, -0.2) is 4.79 Å². The fourth-order valence-corrected chi connectivity index (χ4v) is 4.72. The summed E-state index contributed by atoms with van der Waals surface area (Å²) in [6.07, 6.45) is -4.57. The van der Waals surface area contributed by atoms with E-state index in [9.17, 15) is 22.5 Å². The lowest BCUT2D eigenvalue weighted by Crippen LogP contribution is -2.20. The number of carbonyl (C=O) groups is 1. The lowest BCUT2D eigenvalue weighted by molar-refractivity contribution is -0.149. The van der Waals surface area contributed by atoms with Gasteiger partial charge in [0.1, 0.15) is 5.75 Å².